The smallest absolute Gasteiger partial charge is 0.263 e. The molecule has 1 aliphatic rings. The standard InChI is InChI=1S/C14H24N4O2/c1-14(2,3)17-11-12(10-15)13(19)16-4-5-18-6-8-20-9-7-18/h11,17H,4-9H2,1-3H3,(H,16,19)/b12-11-. The minimum Gasteiger partial charge on any atom is -0.385 e. The van der Waals surface area contributed by atoms with E-state index in [1.165, 1.54) is 6.20 Å². The Balaban J connectivity index is 2.34. The zero-order valence-corrected chi connectivity index (χ0v) is 12.5. The fraction of sp³-hybridized carbons (Fsp3) is 0.714. The molecule has 1 aliphatic heterocycles. The van der Waals surface area contributed by atoms with E-state index < -0.39 is 0 Å². The van der Waals surface area contributed by atoms with Gasteiger partial charge in [-0.3, -0.25) is 9.69 Å². The average Bonchev–Trinajstić information content (AvgIpc) is 2.39. The molecule has 0 aromatic carbocycles. The molecule has 0 aromatic rings. The molecule has 1 heterocycles. The van der Waals surface area contributed by atoms with Gasteiger partial charge in [-0.25, -0.2) is 0 Å². The number of carbonyl (C=O) groups is 1. The van der Waals surface area contributed by atoms with Crippen LogP contribution >= 0.6 is 0 Å². The highest BCUT2D eigenvalue weighted by atomic mass is 16.5. The van der Waals surface area contributed by atoms with E-state index in [0.29, 0.717) is 6.54 Å². The van der Waals surface area contributed by atoms with Crippen LogP contribution in [0.4, 0.5) is 0 Å². The van der Waals surface area contributed by atoms with E-state index >= 15 is 0 Å². The predicted molar refractivity (Wildman–Crippen MR) is 76.9 cm³/mol. The van der Waals surface area contributed by atoms with Crippen LogP contribution in [-0.2, 0) is 9.53 Å². The van der Waals surface area contributed by atoms with Crippen molar-refractivity contribution in [2.45, 2.75) is 26.3 Å². The zero-order chi connectivity index (χ0) is 15.0. The van der Waals surface area contributed by atoms with Gasteiger partial charge in [-0.2, -0.15) is 5.26 Å². The molecule has 0 bridgehead atoms. The second-order valence-corrected chi connectivity index (χ2v) is 5.77. The summed E-state index contributed by atoms with van der Waals surface area (Å²) in [5.41, 5.74) is -0.0715. The Morgan fingerprint density at radius 3 is 2.60 bits per heavy atom. The first-order valence-electron chi connectivity index (χ1n) is 6.88. The number of rotatable bonds is 5. The SMILES string of the molecule is CC(C)(C)N/C=C(/C#N)C(=O)NCCN1CCOCC1. The van der Waals surface area contributed by atoms with Gasteiger partial charge in [-0.1, -0.05) is 0 Å². The van der Waals surface area contributed by atoms with Crippen LogP contribution in [0.15, 0.2) is 11.8 Å². The number of nitriles is 1. The number of hydrogen-bond donors (Lipinski definition) is 2. The second kappa shape index (κ2) is 7.88. The van der Waals surface area contributed by atoms with Crippen molar-refractivity contribution in [2.75, 3.05) is 39.4 Å². The first-order chi connectivity index (χ1) is 9.42. The Labute approximate surface area is 120 Å². The Bertz CT molecular complexity index is 387. The molecule has 112 valence electrons. The Kier molecular flexibility index (Phi) is 6.49. The molecule has 1 fully saturated rings. The monoisotopic (exact) mass is 280 g/mol. The lowest BCUT2D eigenvalue weighted by atomic mass is 10.1. The molecule has 1 amide bonds. The van der Waals surface area contributed by atoms with Crippen molar-refractivity contribution < 1.29 is 9.53 Å². The highest BCUT2D eigenvalue weighted by Gasteiger charge is 2.13. The summed E-state index contributed by atoms with van der Waals surface area (Å²) in [4.78, 5) is 14.1. The Morgan fingerprint density at radius 2 is 2.05 bits per heavy atom. The lowest BCUT2D eigenvalue weighted by molar-refractivity contribution is -0.117. The zero-order valence-electron chi connectivity index (χ0n) is 12.5. The number of carbonyl (C=O) groups excluding carboxylic acids is 1. The Hall–Kier alpha value is -1.58. The van der Waals surface area contributed by atoms with E-state index in [1.807, 2.05) is 26.8 Å². The summed E-state index contributed by atoms with van der Waals surface area (Å²) in [5, 5.41) is 14.8. The van der Waals surface area contributed by atoms with E-state index in [0.717, 1.165) is 32.8 Å². The van der Waals surface area contributed by atoms with Gasteiger partial charge in [0, 0.05) is 37.9 Å². The normalized spacial score (nSPS) is 17.4. The van der Waals surface area contributed by atoms with E-state index in [1.54, 1.807) is 0 Å². The molecule has 1 rings (SSSR count). The minimum absolute atomic E-state index is 0.0990. The van der Waals surface area contributed by atoms with Crippen molar-refractivity contribution >= 4 is 5.91 Å². The molecule has 0 atom stereocenters. The molecule has 0 spiro atoms. The molecule has 0 aliphatic carbocycles. The number of nitrogens with one attached hydrogen (secondary N) is 2. The summed E-state index contributed by atoms with van der Waals surface area (Å²) in [6.45, 7) is 10.5. The van der Waals surface area contributed by atoms with Gasteiger partial charge in [0.2, 0.25) is 0 Å². The topological polar surface area (TPSA) is 77.4 Å². The van der Waals surface area contributed by atoms with Crippen LogP contribution in [0, 0.1) is 11.3 Å². The maximum atomic E-state index is 11.8. The molecule has 6 nitrogen and oxygen atoms in total. The van der Waals surface area contributed by atoms with E-state index in [-0.39, 0.29) is 17.0 Å². The number of amides is 1. The fourth-order valence-corrected chi connectivity index (χ4v) is 1.68. The van der Waals surface area contributed by atoms with Crippen molar-refractivity contribution in [3.8, 4) is 6.07 Å². The van der Waals surface area contributed by atoms with Gasteiger partial charge in [0.15, 0.2) is 0 Å². The Morgan fingerprint density at radius 1 is 1.40 bits per heavy atom. The maximum Gasteiger partial charge on any atom is 0.263 e. The van der Waals surface area contributed by atoms with Crippen LogP contribution < -0.4 is 10.6 Å². The van der Waals surface area contributed by atoms with Gasteiger partial charge in [0.05, 0.1) is 13.2 Å². The molecular formula is C14H24N4O2. The summed E-state index contributed by atoms with van der Waals surface area (Å²) in [6, 6.07) is 1.92. The molecule has 6 heteroatoms. The highest BCUT2D eigenvalue weighted by Crippen LogP contribution is 2.00. The largest absolute Gasteiger partial charge is 0.385 e. The summed E-state index contributed by atoms with van der Waals surface area (Å²) in [5.74, 6) is -0.336. The summed E-state index contributed by atoms with van der Waals surface area (Å²) in [6.07, 6.45) is 1.48. The molecule has 0 aromatic heterocycles. The summed E-state index contributed by atoms with van der Waals surface area (Å²) < 4.78 is 5.26. The lowest BCUT2D eigenvalue weighted by Gasteiger charge is -2.26. The molecule has 2 N–H and O–H groups in total. The molecule has 0 saturated carbocycles. The van der Waals surface area contributed by atoms with Gasteiger partial charge in [-0.05, 0) is 20.8 Å². The van der Waals surface area contributed by atoms with Crippen LogP contribution in [-0.4, -0.2) is 55.7 Å². The van der Waals surface area contributed by atoms with Crippen molar-refractivity contribution in [1.29, 1.82) is 5.26 Å². The van der Waals surface area contributed by atoms with Crippen LogP contribution in [0.2, 0.25) is 0 Å². The van der Waals surface area contributed by atoms with E-state index in [4.69, 9.17) is 10.00 Å². The van der Waals surface area contributed by atoms with Crippen molar-refractivity contribution in [3.05, 3.63) is 11.8 Å². The fourth-order valence-electron chi connectivity index (χ4n) is 1.68. The third-order valence-corrected chi connectivity index (χ3v) is 2.83. The maximum absolute atomic E-state index is 11.8. The molecule has 0 radical (unpaired) electrons. The third kappa shape index (κ3) is 6.55. The van der Waals surface area contributed by atoms with Crippen LogP contribution in [0.25, 0.3) is 0 Å². The van der Waals surface area contributed by atoms with Crippen molar-refractivity contribution in [3.63, 3.8) is 0 Å². The number of hydrogen-bond acceptors (Lipinski definition) is 5. The summed E-state index contributed by atoms with van der Waals surface area (Å²) in [7, 11) is 0. The first kappa shape index (κ1) is 16.5. The first-order valence-corrected chi connectivity index (χ1v) is 6.88. The van der Waals surface area contributed by atoms with Crippen LogP contribution in [0.1, 0.15) is 20.8 Å². The van der Waals surface area contributed by atoms with Gasteiger partial charge in [0.1, 0.15) is 11.6 Å². The van der Waals surface area contributed by atoms with Crippen LogP contribution in [0.5, 0.6) is 0 Å². The number of nitrogens with zero attached hydrogens (tertiary/aromatic N) is 2. The van der Waals surface area contributed by atoms with Gasteiger partial charge < -0.3 is 15.4 Å². The van der Waals surface area contributed by atoms with E-state index in [2.05, 4.69) is 15.5 Å². The number of ether oxygens (including phenoxy) is 1. The van der Waals surface area contributed by atoms with Gasteiger partial charge >= 0.3 is 0 Å². The third-order valence-electron chi connectivity index (χ3n) is 2.83. The van der Waals surface area contributed by atoms with Crippen LogP contribution in [0.3, 0.4) is 0 Å². The van der Waals surface area contributed by atoms with Crippen molar-refractivity contribution in [2.24, 2.45) is 0 Å². The highest BCUT2D eigenvalue weighted by molar-refractivity contribution is 5.97. The predicted octanol–water partition coefficient (Wildman–Crippen LogP) is 0.230. The second-order valence-electron chi connectivity index (χ2n) is 5.77. The van der Waals surface area contributed by atoms with E-state index in [9.17, 15) is 4.79 Å². The lowest BCUT2D eigenvalue weighted by Crippen LogP contribution is -2.41. The molecule has 0 unspecified atom stereocenters. The van der Waals surface area contributed by atoms with Gasteiger partial charge in [-0.15, -0.1) is 0 Å². The molecule has 20 heavy (non-hydrogen) atoms. The number of morpholine rings is 1. The minimum atomic E-state index is -0.336. The molecule has 1 saturated heterocycles. The van der Waals surface area contributed by atoms with Crippen molar-refractivity contribution in [1.82, 2.24) is 15.5 Å². The average molecular weight is 280 g/mol. The van der Waals surface area contributed by atoms with Gasteiger partial charge in [0.25, 0.3) is 5.91 Å². The molecular weight excluding hydrogens is 256 g/mol. The quantitative estimate of drug-likeness (QED) is 0.557. The summed E-state index contributed by atoms with van der Waals surface area (Å²) >= 11 is 0.